The Morgan fingerprint density at radius 2 is 2.50 bits per heavy atom. The van der Waals surface area contributed by atoms with Gasteiger partial charge in [-0.1, -0.05) is 0 Å². The van der Waals surface area contributed by atoms with Gasteiger partial charge in [-0.05, 0) is 37.2 Å². The second-order valence-electron chi connectivity index (χ2n) is 4.38. The largest absolute Gasteiger partial charge is 0.376 e. The van der Waals surface area contributed by atoms with Gasteiger partial charge in [-0.2, -0.15) is 0 Å². The smallest absolute Gasteiger partial charge is 0.263 e. The zero-order chi connectivity index (χ0) is 12.5. The van der Waals surface area contributed by atoms with Crippen LogP contribution in [0.3, 0.4) is 0 Å². The molecule has 1 fully saturated rings. The Balaban J connectivity index is 2.11. The Labute approximate surface area is 108 Å². The molecule has 3 heterocycles. The quantitative estimate of drug-likeness (QED) is 0.837. The van der Waals surface area contributed by atoms with E-state index in [4.69, 9.17) is 17.0 Å². The van der Waals surface area contributed by atoms with Gasteiger partial charge in [-0.15, -0.1) is 0 Å². The van der Waals surface area contributed by atoms with E-state index in [-0.39, 0.29) is 11.7 Å². The summed E-state index contributed by atoms with van der Waals surface area (Å²) in [6, 6.07) is 3.50. The molecule has 0 spiro atoms. The van der Waals surface area contributed by atoms with Gasteiger partial charge in [0.05, 0.1) is 18.0 Å². The highest BCUT2D eigenvalue weighted by Crippen LogP contribution is 2.13. The molecule has 3 rings (SSSR count). The van der Waals surface area contributed by atoms with E-state index in [0.29, 0.717) is 22.3 Å². The summed E-state index contributed by atoms with van der Waals surface area (Å²) in [4.78, 5) is 19.4. The number of fused-ring (bicyclic) bond motifs is 1. The van der Waals surface area contributed by atoms with Crippen LogP contribution in [0.2, 0.25) is 0 Å². The van der Waals surface area contributed by atoms with E-state index in [1.807, 2.05) is 0 Å². The van der Waals surface area contributed by atoms with Gasteiger partial charge in [0.2, 0.25) is 0 Å². The van der Waals surface area contributed by atoms with Crippen molar-refractivity contribution in [2.24, 2.45) is 0 Å². The predicted octanol–water partition coefficient (Wildman–Crippen LogP) is 1.63. The standard InChI is InChI=1S/C12H13N3O2S/c16-11-9-4-1-5-13-10(9)14-12(18)15(11)7-8-3-2-6-17-8/h1,4-5,8H,2-3,6-7H2,(H,13,14,18)/t8-/m0/s1. The third-order valence-electron chi connectivity index (χ3n) is 3.16. The molecule has 0 unspecified atom stereocenters. The molecule has 18 heavy (non-hydrogen) atoms. The molecule has 1 atom stereocenters. The maximum Gasteiger partial charge on any atom is 0.263 e. The van der Waals surface area contributed by atoms with Crippen LogP contribution in [-0.4, -0.2) is 27.2 Å². The lowest BCUT2D eigenvalue weighted by Crippen LogP contribution is -2.28. The van der Waals surface area contributed by atoms with Crippen LogP contribution in [0, 0.1) is 4.77 Å². The number of hydrogen-bond acceptors (Lipinski definition) is 4. The second-order valence-corrected chi connectivity index (χ2v) is 4.77. The summed E-state index contributed by atoms with van der Waals surface area (Å²) in [5.41, 5.74) is 0.438. The second kappa shape index (κ2) is 4.62. The number of ether oxygens (including phenoxy) is 1. The maximum absolute atomic E-state index is 12.3. The summed E-state index contributed by atoms with van der Waals surface area (Å²) < 4.78 is 7.51. The Bertz CT molecular complexity index is 686. The van der Waals surface area contributed by atoms with Crippen LogP contribution in [0.15, 0.2) is 23.1 Å². The average molecular weight is 263 g/mol. The molecular weight excluding hydrogens is 250 g/mol. The molecule has 0 aliphatic carbocycles. The van der Waals surface area contributed by atoms with Gasteiger partial charge in [-0.3, -0.25) is 9.36 Å². The summed E-state index contributed by atoms with van der Waals surface area (Å²) in [6.45, 7) is 1.28. The van der Waals surface area contributed by atoms with Crippen LogP contribution in [0.5, 0.6) is 0 Å². The van der Waals surface area contributed by atoms with E-state index in [9.17, 15) is 4.79 Å². The van der Waals surface area contributed by atoms with Crippen molar-refractivity contribution in [1.82, 2.24) is 14.5 Å². The lowest BCUT2D eigenvalue weighted by atomic mass is 10.2. The fourth-order valence-electron chi connectivity index (χ4n) is 2.24. The zero-order valence-corrected chi connectivity index (χ0v) is 10.6. The van der Waals surface area contributed by atoms with E-state index < -0.39 is 0 Å². The van der Waals surface area contributed by atoms with E-state index >= 15 is 0 Å². The highest BCUT2D eigenvalue weighted by Gasteiger charge is 2.17. The molecule has 1 N–H and O–H groups in total. The predicted molar refractivity (Wildman–Crippen MR) is 70.2 cm³/mol. The Morgan fingerprint density at radius 3 is 3.28 bits per heavy atom. The number of rotatable bonds is 2. The van der Waals surface area contributed by atoms with Crippen LogP contribution >= 0.6 is 12.2 Å². The van der Waals surface area contributed by atoms with Gasteiger partial charge in [0.15, 0.2) is 4.77 Å². The molecule has 94 valence electrons. The number of aromatic nitrogens is 3. The first-order chi connectivity index (χ1) is 8.75. The van der Waals surface area contributed by atoms with Crippen LogP contribution in [0.25, 0.3) is 11.0 Å². The van der Waals surface area contributed by atoms with Crippen LogP contribution in [-0.2, 0) is 11.3 Å². The maximum atomic E-state index is 12.3. The first-order valence-electron chi connectivity index (χ1n) is 5.95. The Hall–Kier alpha value is -1.53. The minimum Gasteiger partial charge on any atom is -0.376 e. The molecule has 2 aromatic heterocycles. The Morgan fingerprint density at radius 1 is 1.61 bits per heavy atom. The van der Waals surface area contributed by atoms with Crippen molar-refractivity contribution in [3.8, 4) is 0 Å². The van der Waals surface area contributed by atoms with E-state index in [1.54, 1.807) is 22.9 Å². The third-order valence-corrected chi connectivity index (χ3v) is 3.49. The summed E-state index contributed by atoms with van der Waals surface area (Å²) >= 11 is 5.21. The number of pyridine rings is 1. The number of nitrogens with one attached hydrogen (secondary N) is 1. The lowest BCUT2D eigenvalue weighted by molar-refractivity contribution is 0.0957. The zero-order valence-electron chi connectivity index (χ0n) is 9.76. The van der Waals surface area contributed by atoms with Crippen molar-refractivity contribution in [1.29, 1.82) is 0 Å². The number of hydrogen-bond donors (Lipinski definition) is 1. The van der Waals surface area contributed by atoms with Crippen LogP contribution in [0.4, 0.5) is 0 Å². The normalized spacial score (nSPS) is 19.4. The molecule has 0 amide bonds. The van der Waals surface area contributed by atoms with Gasteiger partial charge in [-0.25, -0.2) is 4.98 Å². The highest BCUT2D eigenvalue weighted by molar-refractivity contribution is 7.71. The van der Waals surface area contributed by atoms with E-state index in [0.717, 1.165) is 19.4 Å². The molecule has 1 aliphatic rings. The molecule has 5 nitrogen and oxygen atoms in total. The third kappa shape index (κ3) is 1.97. The number of H-pyrrole nitrogens is 1. The SMILES string of the molecule is O=c1c2cccnc2[nH]c(=S)n1C[C@@H]1CCCO1. The van der Waals surface area contributed by atoms with Crippen LogP contribution in [0.1, 0.15) is 12.8 Å². The Kier molecular flexibility index (Phi) is 2.97. The fourth-order valence-corrected chi connectivity index (χ4v) is 2.50. The molecule has 0 radical (unpaired) electrons. The molecule has 6 heteroatoms. The van der Waals surface area contributed by atoms with Crippen LogP contribution < -0.4 is 5.56 Å². The summed E-state index contributed by atoms with van der Waals surface area (Å²) in [5.74, 6) is 0. The number of nitrogens with zero attached hydrogens (tertiary/aromatic N) is 2. The van der Waals surface area contributed by atoms with Gasteiger partial charge in [0.1, 0.15) is 5.65 Å². The van der Waals surface area contributed by atoms with E-state index in [1.165, 1.54) is 0 Å². The van der Waals surface area contributed by atoms with Crippen molar-refractivity contribution in [2.75, 3.05) is 6.61 Å². The molecule has 1 saturated heterocycles. The van der Waals surface area contributed by atoms with Crippen molar-refractivity contribution in [3.05, 3.63) is 33.5 Å². The van der Waals surface area contributed by atoms with Gasteiger partial charge in [0.25, 0.3) is 5.56 Å². The van der Waals surface area contributed by atoms with Gasteiger partial charge in [0, 0.05) is 12.8 Å². The summed E-state index contributed by atoms with van der Waals surface area (Å²) in [5, 5.41) is 0.559. The molecule has 2 aromatic rings. The van der Waals surface area contributed by atoms with Crippen molar-refractivity contribution >= 4 is 23.3 Å². The molecule has 0 aromatic carbocycles. The minimum atomic E-state index is -0.0997. The first kappa shape index (κ1) is 11.6. The monoisotopic (exact) mass is 263 g/mol. The average Bonchev–Trinajstić information content (AvgIpc) is 2.87. The summed E-state index contributed by atoms with van der Waals surface area (Å²) in [6.07, 6.45) is 3.75. The molecule has 1 aliphatic heterocycles. The molecular formula is C12H13N3O2S. The summed E-state index contributed by atoms with van der Waals surface area (Å²) in [7, 11) is 0. The van der Waals surface area contributed by atoms with E-state index in [2.05, 4.69) is 9.97 Å². The molecule has 0 bridgehead atoms. The van der Waals surface area contributed by atoms with Gasteiger partial charge < -0.3 is 9.72 Å². The van der Waals surface area contributed by atoms with Crippen molar-refractivity contribution in [2.45, 2.75) is 25.5 Å². The lowest BCUT2D eigenvalue weighted by Gasteiger charge is -2.12. The van der Waals surface area contributed by atoms with Crippen molar-refractivity contribution < 1.29 is 4.74 Å². The molecule has 0 saturated carbocycles. The highest BCUT2D eigenvalue weighted by atomic mass is 32.1. The fraction of sp³-hybridized carbons (Fsp3) is 0.417. The minimum absolute atomic E-state index is 0.0897. The topological polar surface area (TPSA) is 59.9 Å². The van der Waals surface area contributed by atoms with Crippen molar-refractivity contribution in [3.63, 3.8) is 0 Å². The van der Waals surface area contributed by atoms with Gasteiger partial charge >= 0.3 is 0 Å². The number of aromatic amines is 1. The first-order valence-corrected chi connectivity index (χ1v) is 6.36.